The number of carbonyl (C=O) groups excluding carboxylic acids is 1. The molecule has 2 N–H and O–H groups in total. The maximum absolute atomic E-state index is 11.9. The maximum Gasteiger partial charge on any atom is 0.243 e. The molecule has 0 atom stereocenters. The Kier molecular flexibility index (Phi) is 3.79. The average molecular weight is 295 g/mol. The number of anilines is 2. The van der Waals surface area contributed by atoms with Crippen molar-refractivity contribution in [2.45, 2.75) is 0 Å². The molecule has 1 heterocycles. The van der Waals surface area contributed by atoms with Crippen molar-refractivity contribution in [1.29, 1.82) is 5.26 Å². The van der Waals surface area contributed by atoms with Crippen molar-refractivity contribution in [1.82, 2.24) is 0 Å². The maximum atomic E-state index is 11.9. The zero-order valence-electron chi connectivity index (χ0n) is 11.6. The van der Waals surface area contributed by atoms with Crippen LogP contribution in [0.2, 0.25) is 0 Å². The predicted octanol–water partition coefficient (Wildman–Crippen LogP) is 2.34. The van der Waals surface area contributed by atoms with Crippen LogP contribution >= 0.6 is 0 Å². The Balaban J connectivity index is 1.57. The van der Waals surface area contributed by atoms with E-state index in [0.29, 0.717) is 22.7 Å². The summed E-state index contributed by atoms with van der Waals surface area (Å²) in [6, 6.07) is 14.2. The van der Waals surface area contributed by atoms with Gasteiger partial charge in [0.05, 0.1) is 18.2 Å². The molecule has 110 valence electrons. The minimum absolute atomic E-state index is 0.108. The minimum Gasteiger partial charge on any atom is -0.454 e. The topological polar surface area (TPSA) is 83.4 Å². The van der Waals surface area contributed by atoms with Gasteiger partial charge in [-0.1, -0.05) is 6.07 Å². The van der Waals surface area contributed by atoms with Gasteiger partial charge in [0, 0.05) is 17.4 Å². The number of nitrogens with one attached hydrogen (secondary N) is 2. The summed E-state index contributed by atoms with van der Waals surface area (Å²) in [4.78, 5) is 11.9. The fraction of sp³-hybridized carbons (Fsp3) is 0.125. The molecule has 2 aromatic carbocycles. The molecule has 0 fully saturated rings. The molecular weight excluding hydrogens is 282 g/mol. The normalized spacial score (nSPS) is 11.6. The van der Waals surface area contributed by atoms with Crippen LogP contribution in [0.15, 0.2) is 42.5 Å². The van der Waals surface area contributed by atoms with Gasteiger partial charge < -0.3 is 20.1 Å². The van der Waals surface area contributed by atoms with Crippen LogP contribution in [0.5, 0.6) is 11.5 Å². The first-order valence-corrected chi connectivity index (χ1v) is 6.68. The van der Waals surface area contributed by atoms with E-state index in [2.05, 4.69) is 10.6 Å². The molecule has 22 heavy (non-hydrogen) atoms. The molecule has 0 spiro atoms. The Morgan fingerprint density at radius 3 is 2.86 bits per heavy atom. The smallest absolute Gasteiger partial charge is 0.243 e. The number of fused-ring (bicyclic) bond motifs is 1. The summed E-state index contributed by atoms with van der Waals surface area (Å²) in [5.41, 5.74) is 1.86. The molecule has 3 rings (SSSR count). The monoisotopic (exact) mass is 295 g/mol. The lowest BCUT2D eigenvalue weighted by atomic mass is 10.2. The first-order chi connectivity index (χ1) is 10.7. The molecule has 2 aromatic rings. The molecule has 0 unspecified atom stereocenters. The zero-order chi connectivity index (χ0) is 15.4. The van der Waals surface area contributed by atoms with Crippen molar-refractivity contribution in [3.8, 4) is 17.6 Å². The van der Waals surface area contributed by atoms with Crippen molar-refractivity contribution < 1.29 is 14.3 Å². The third kappa shape index (κ3) is 3.10. The fourth-order valence-corrected chi connectivity index (χ4v) is 2.06. The summed E-state index contributed by atoms with van der Waals surface area (Å²) < 4.78 is 10.5. The minimum atomic E-state index is -0.201. The largest absolute Gasteiger partial charge is 0.454 e. The van der Waals surface area contributed by atoms with E-state index in [4.69, 9.17) is 14.7 Å². The van der Waals surface area contributed by atoms with E-state index in [0.717, 1.165) is 5.69 Å². The molecule has 0 saturated carbocycles. The average Bonchev–Trinajstić information content (AvgIpc) is 3.00. The molecule has 0 aromatic heterocycles. The Labute approximate surface area is 127 Å². The fourth-order valence-electron chi connectivity index (χ4n) is 2.06. The molecule has 6 nitrogen and oxygen atoms in total. The molecule has 1 aliphatic rings. The number of carbonyl (C=O) groups is 1. The summed E-state index contributed by atoms with van der Waals surface area (Å²) in [7, 11) is 0. The molecular formula is C16H13N3O3. The highest BCUT2D eigenvalue weighted by Gasteiger charge is 2.13. The van der Waals surface area contributed by atoms with Crippen LogP contribution in [0.25, 0.3) is 0 Å². The van der Waals surface area contributed by atoms with Crippen molar-refractivity contribution in [3.63, 3.8) is 0 Å². The van der Waals surface area contributed by atoms with E-state index >= 15 is 0 Å². The van der Waals surface area contributed by atoms with Crippen LogP contribution in [-0.2, 0) is 4.79 Å². The van der Waals surface area contributed by atoms with Gasteiger partial charge in [0.1, 0.15) is 0 Å². The SMILES string of the molecule is N#Cc1cccc(NC(=O)CNc2ccc3c(c2)OCO3)c1. The number of ether oxygens (including phenoxy) is 2. The highest BCUT2D eigenvalue weighted by atomic mass is 16.7. The van der Waals surface area contributed by atoms with E-state index < -0.39 is 0 Å². The Hall–Kier alpha value is -3.20. The first kappa shape index (κ1) is 13.8. The van der Waals surface area contributed by atoms with Crippen LogP contribution in [0.4, 0.5) is 11.4 Å². The number of rotatable bonds is 4. The van der Waals surface area contributed by atoms with Gasteiger partial charge in [-0.25, -0.2) is 0 Å². The van der Waals surface area contributed by atoms with Crippen LogP contribution < -0.4 is 20.1 Å². The van der Waals surface area contributed by atoms with Gasteiger partial charge in [-0.15, -0.1) is 0 Å². The van der Waals surface area contributed by atoms with Gasteiger partial charge in [0.2, 0.25) is 12.7 Å². The second kappa shape index (κ2) is 6.06. The number of nitriles is 1. The van der Waals surface area contributed by atoms with Crippen molar-refractivity contribution in [2.24, 2.45) is 0 Å². The number of amides is 1. The third-order valence-corrected chi connectivity index (χ3v) is 3.10. The van der Waals surface area contributed by atoms with E-state index in [1.165, 1.54) is 0 Å². The van der Waals surface area contributed by atoms with Crippen LogP contribution in [0.1, 0.15) is 5.56 Å². The Morgan fingerprint density at radius 1 is 1.14 bits per heavy atom. The molecule has 1 aliphatic heterocycles. The Bertz CT molecular complexity index is 753. The molecule has 0 saturated heterocycles. The molecule has 6 heteroatoms. The molecule has 0 bridgehead atoms. The van der Waals surface area contributed by atoms with Gasteiger partial charge in [0.25, 0.3) is 0 Å². The van der Waals surface area contributed by atoms with Gasteiger partial charge in [0.15, 0.2) is 11.5 Å². The highest BCUT2D eigenvalue weighted by Crippen LogP contribution is 2.34. The van der Waals surface area contributed by atoms with Gasteiger partial charge in [-0.3, -0.25) is 4.79 Å². The third-order valence-electron chi connectivity index (χ3n) is 3.10. The van der Waals surface area contributed by atoms with Crippen molar-refractivity contribution >= 4 is 17.3 Å². The van der Waals surface area contributed by atoms with E-state index in [-0.39, 0.29) is 19.2 Å². The summed E-state index contributed by atoms with van der Waals surface area (Å²) in [5, 5.41) is 14.6. The molecule has 0 radical (unpaired) electrons. The van der Waals surface area contributed by atoms with E-state index in [1.54, 1.807) is 36.4 Å². The lowest BCUT2D eigenvalue weighted by molar-refractivity contribution is -0.114. The number of benzene rings is 2. The first-order valence-electron chi connectivity index (χ1n) is 6.68. The molecule has 1 amide bonds. The van der Waals surface area contributed by atoms with Crippen LogP contribution in [-0.4, -0.2) is 19.2 Å². The molecule has 0 aliphatic carbocycles. The summed E-state index contributed by atoms with van der Waals surface area (Å²) in [6.45, 7) is 0.324. The van der Waals surface area contributed by atoms with E-state index in [1.807, 2.05) is 12.1 Å². The van der Waals surface area contributed by atoms with Crippen LogP contribution in [0, 0.1) is 11.3 Å². The number of hydrogen-bond donors (Lipinski definition) is 2. The summed E-state index contributed by atoms with van der Waals surface area (Å²) in [6.07, 6.45) is 0. The highest BCUT2D eigenvalue weighted by molar-refractivity contribution is 5.93. The van der Waals surface area contributed by atoms with Gasteiger partial charge in [-0.05, 0) is 30.3 Å². The number of nitrogens with zero attached hydrogens (tertiary/aromatic N) is 1. The summed E-state index contributed by atoms with van der Waals surface area (Å²) >= 11 is 0. The second-order valence-corrected chi connectivity index (χ2v) is 4.66. The van der Waals surface area contributed by atoms with Crippen LogP contribution in [0.3, 0.4) is 0 Å². The van der Waals surface area contributed by atoms with Crippen molar-refractivity contribution in [3.05, 3.63) is 48.0 Å². The predicted molar refractivity (Wildman–Crippen MR) is 80.8 cm³/mol. The lowest BCUT2D eigenvalue weighted by Crippen LogP contribution is -2.21. The van der Waals surface area contributed by atoms with E-state index in [9.17, 15) is 4.79 Å². The quantitative estimate of drug-likeness (QED) is 0.904. The standard InChI is InChI=1S/C16H13N3O3/c17-8-11-2-1-3-13(6-11)19-16(20)9-18-12-4-5-14-15(7-12)22-10-21-14/h1-7,18H,9-10H2,(H,19,20). The van der Waals surface area contributed by atoms with Gasteiger partial charge in [-0.2, -0.15) is 5.26 Å². The van der Waals surface area contributed by atoms with Crippen molar-refractivity contribution in [2.75, 3.05) is 24.0 Å². The summed E-state index contributed by atoms with van der Waals surface area (Å²) in [5.74, 6) is 1.16. The second-order valence-electron chi connectivity index (χ2n) is 4.66. The lowest BCUT2D eigenvalue weighted by Gasteiger charge is -2.08. The van der Waals surface area contributed by atoms with Gasteiger partial charge >= 0.3 is 0 Å². The Morgan fingerprint density at radius 2 is 2.00 bits per heavy atom. The zero-order valence-corrected chi connectivity index (χ0v) is 11.6. The number of hydrogen-bond acceptors (Lipinski definition) is 5.